The number of phenols is 1. The van der Waals surface area contributed by atoms with Gasteiger partial charge in [-0.15, -0.1) is 11.8 Å². The van der Waals surface area contributed by atoms with E-state index in [9.17, 15) is 9.90 Å². The first-order valence-corrected chi connectivity index (χ1v) is 10.5. The van der Waals surface area contributed by atoms with E-state index in [0.717, 1.165) is 28.4 Å². The smallest absolute Gasteiger partial charge is 0.220 e. The van der Waals surface area contributed by atoms with Gasteiger partial charge >= 0.3 is 0 Å². The third kappa shape index (κ3) is 6.88. The summed E-state index contributed by atoms with van der Waals surface area (Å²) in [5, 5.41) is 12.6. The Bertz CT molecular complexity index is 913. The molecule has 0 saturated heterocycles. The summed E-state index contributed by atoms with van der Waals surface area (Å²) in [5.74, 6) is 1.80. The molecule has 0 aliphatic heterocycles. The van der Waals surface area contributed by atoms with E-state index in [4.69, 9.17) is 4.74 Å². The van der Waals surface area contributed by atoms with Gasteiger partial charge in [0.1, 0.15) is 17.2 Å². The molecule has 1 atom stereocenters. The molecule has 5 heteroatoms. The molecule has 4 nitrogen and oxygen atoms in total. The van der Waals surface area contributed by atoms with Crippen LogP contribution in [0.5, 0.6) is 17.2 Å². The second kappa shape index (κ2) is 10.6. The first-order chi connectivity index (χ1) is 14.1. The molecule has 3 aromatic carbocycles. The van der Waals surface area contributed by atoms with Crippen LogP contribution >= 0.6 is 11.8 Å². The van der Waals surface area contributed by atoms with E-state index in [2.05, 4.69) is 12.2 Å². The van der Waals surface area contributed by atoms with Crippen LogP contribution in [0.2, 0.25) is 0 Å². The minimum absolute atomic E-state index is 0.0256. The summed E-state index contributed by atoms with van der Waals surface area (Å²) in [5.41, 5.74) is 0.941. The lowest BCUT2D eigenvalue weighted by atomic mass is 10.2. The Morgan fingerprint density at radius 3 is 2.45 bits per heavy atom. The summed E-state index contributed by atoms with van der Waals surface area (Å²) in [4.78, 5) is 13.4. The van der Waals surface area contributed by atoms with E-state index in [-0.39, 0.29) is 11.7 Å². The van der Waals surface area contributed by atoms with Crippen molar-refractivity contribution in [3.63, 3.8) is 0 Å². The maximum Gasteiger partial charge on any atom is 0.220 e. The lowest BCUT2D eigenvalue weighted by molar-refractivity contribution is -0.121. The molecule has 3 aromatic rings. The van der Waals surface area contributed by atoms with Crippen LogP contribution in [0.3, 0.4) is 0 Å². The Kier molecular flexibility index (Phi) is 7.59. The molecule has 0 heterocycles. The van der Waals surface area contributed by atoms with Crippen molar-refractivity contribution in [2.45, 2.75) is 36.5 Å². The number of benzene rings is 3. The molecule has 0 spiro atoms. The molecule has 0 fully saturated rings. The SMILES string of the molecule is CC(CCC(=O)NCc1ccccc1Oc1ccccc1)Sc1ccc(O)cc1. The fraction of sp³-hybridized carbons (Fsp3) is 0.208. The number of carbonyl (C=O) groups excluding carboxylic acids is 1. The second-order valence-electron chi connectivity index (χ2n) is 6.76. The lowest BCUT2D eigenvalue weighted by Gasteiger charge is -2.13. The molecule has 1 unspecified atom stereocenters. The van der Waals surface area contributed by atoms with Crippen molar-refractivity contribution in [1.29, 1.82) is 0 Å². The van der Waals surface area contributed by atoms with Gasteiger partial charge in [-0.1, -0.05) is 43.3 Å². The van der Waals surface area contributed by atoms with Crippen LogP contribution in [-0.2, 0) is 11.3 Å². The number of hydrogen-bond donors (Lipinski definition) is 2. The van der Waals surface area contributed by atoms with Crippen LogP contribution in [-0.4, -0.2) is 16.3 Å². The Hall–Kier alpha value is -2.92. The molecule has 0 aliphatic rings. The predicted octanol–water partition coefficient (Wildman–Crippen LogP) is 5.76. The zero-order chi connectivity index (χ0) is 20.5. The number of aromatic hydroxyl groups is 1. The van der Waals surface area contributed by atoms with Gasteiger partial charge in [-0.3, -0.25) is 4.79 Å². The van der Waals surface area contributed by atoms with Gasteiger partial charge in [0, 0.05) is 28.7 Å². The molecule has 0 radical (unpaired) electrons. The zero-order valence-electron chi connectivity index (χ0n) is 16.4. The largest absolute Gasteiger partial charge is 0.508 e. The number of nitrogens with one attached hydrogen (secondary N) is 1. The van der Waals surface area contributed by atoms with E-state index in [0.29, 0.717) is 18.2 Å². The number of thioether (sulfide) groups is 1. The number of phenolic OH excluding ortho intramolecular Hbond substituents is 1. The van der Waals surface area contributed by atoms with Gasteiger partial charge < -0.3 is 15.2 Å². The summed E-state index contributed by atoms with van der Waals surface area (Å²) in [7, 11) is 0. The molecule has 0 aromatic heterocycles. The fourth-order valence-corrected chi connectivity index (χ4v) is 3.79. The number of ether oxygens (including phenoxy) is 1. The van der Waals surface area contributed by atoms with E-state index < -0.39 is 0 Å². The number of para-hydroxylation sites is 2. The third-order valence-corrected chi connectivity index (χ3v) is 5.55. The highest BCUT2D eigenvalue weighted by atomic mass is 32.2. The fourth-order valence-electron chi connectivity index (χ4n) is 2.80. The Balaban J connectivity index is 1.46. The second-order valence-corrected chi connectivity index (χ2v) is 8.27. The van der Waals surface area contributed by atoms with Crippen molar-refractivity contribution >= 4 is 17.7 Å². The summed E-state index contributed by atoms with van der Waals surface area (Å²) in [6, 6.07) is 24.5. The molecule has 2 N–H and O–H groups in total. The van der Waals surface area contributed by atoms with E-state index >= 15 is 0 Å². The van der Waals surface area contributed by atoms with Gasteiger partial charge in [0.15, 0.2) is 0 Å². The van der Waals surface area contributed by atoms with Gasteiger partial charge in [-0.25, -0.2) is 0 Å². The molecule has 29 heavy (non-hydrogen) atoms. The number of hydrogen-bond acceptors (Lipinski definition) is 4. The molecular weight excluding hydrogens is 382 g/mol. The standard InChI is InChI=1S/C24H25NO3S/c1-18(29-22-14-12-20(26)13-15-22)11-16-24(27)25-17-19-7-5-6-10-23(19)28-21-8-3-2-4-9-21/h2-10,12-15,18,26H,11,16-17H2,1H3,(H,25,27). The van der Waals surface area contributed by atoms with Gasteiger partial charge in [-0.2, -0.15) is 0 Å². The normalized spacial score (nSPS) is 11.6. The molecular formula is C24H25NO3S. The number of amides is 1. The van der Waals surface area contributed by atoms with Crippen molar-refractivity contribution < 1.29 is 14.6 Å². The number of carbonyl (C=O) groups is 1. The molecule has 3 rings (SSSR count). The van der Waals surface area contributed by atoms with Crippen molar-refractivity contribution in [2.24, 2.45) is 0 Å². The maximum absolute atomic E-state index is 12.3. The van der Waals surface area contributed by atoms with E-state index in [1.807, 2.05) is 66.7 Å². The summed E-state index contributed by atoms with van der Waals surface area (Å²) >= 11 is 1.70. The first kappa shape index (κ1) is 20.8. The van der Waals surface area contributed by atoms with Crippen molar-refractivity contribution in [1.82, 2.24) is 5.32 Å². The van der Waals surface area contributed by atoms with Crippen LogP contribution in [0.15, 0.2) is 83.8 Å². The van der Waals surface area contributed by atoms with E-state index in [1.165, 1.54) is 0 Å². The van der Waals surface area contributed by atoms with E-state index in [1.54, 1.807) is 23.9 Å². The van der Waals surface area contributed by atoms with Crippen LogP contribution < -0.4 is 10.1 Å². The monoisotopic (exact) mass is 407 g/mol. The highest BCUT2D eigenvalue weighted by molar-refractivity contribution is 7.99. The Morgan fingerprint density at radius 1 is 1.00 bits per heavy atom. The van der Waals surface area contributed by atoms with Crippen LogP contribution in [0, 0.1) is 0 Å². The van der Waals surface area contributed by atoms with Crippen LogP contribution in [0.25, 0.3) is 0 Å². The number of rotatable bonds is 9. The lowest BCUT2D eigenvalue weighted by Crippen LogP contribution is -2.23. The predicted molar refractivity (Wildman–Crippen MR) is 117 cm³/mol. The van der Waals surface area contributed by atoms with Crippen molar-refractivity contribution in [3.05, 3.63) is 84.4 Å². The minimum Gasteiger partial charge on any atom is -0.508 e. The van der Waals surface area contributed by atoms with Crippen molar-refractivity contribution in [2.75, 3.05) is 0 Å². The molecule has 1 amide bonds. The Morgan fingerprint density at radius 2 is 1.69 bits per heavy atom. The minimum atomic E-state index is 0.0256. The summed E-state index contributed by atoms with van der Waals surface area (Å²) in [6.45, 7) is 2.54. The van der Waals surface area contributed by atoms with Gasteiger partial charge in [-0.05, 0) is 48.9 Å². The highest BCUT2D eigenvalue weighted by Gasteiger charge is 2.10. The van der Waals surface area contributed by atoms with Gasteiger partial charge in [0.25, 0.3) is 0 Å². The van der Waals surface area contributed by atoms with Crippen LogP contribution in [0.4, 0.5) is 0 Å². The quantitative estimate of drug-likeness (QED) is 0.443. The molecule has 0 aliphatic carbocycles. The summed E-state index contributed by atoms with van der Waals surface area (Å²) < 4.78 is 5.94. The third-order valence-electron chi connectivity index (χ3n) is 4.37. The molecule has 150 valence electrons. The molecule has 0 saturated carbocycles. The van der Waals surface area contributed by atoms with Gasteiger partial charge in [0.05, 0.1) is 0 Å². The first-order valence-electron chi connectivity index (χ1n) is 9.63. The van der Waals surface area contributed by atoms with Gasteiger partial charge in [0.2, 0.25) is 5.91 Å². The molecule has 0 bridgehead atoms. The maximum atomic E-state index is 12.3. The zero-order valence-corrected chi connectivity index (χ0v) is 17.2. The topological polar surface area (TPSA) is 58.6 Å². The average molecular weight is 408 g/mol. The Labute approximate surface area is 175 Å². The van der Waals surface area contributed by atoms with Crippen molar-refractivity contribution in [3.8, 4) is 17.2 Å². The van der Waals surface area contributed by atoms with Crippen LogP contribution in [0.1, 0.15) is 25.3 Å². The average Bonchev–Trinajstić information content (AvgIpc) is 2.74. The highest BCUT2D eigenvalue weighted by Crippen LogP contribution is 2.27. The summed E-state index contributed by atoms with van der Waals surface area (Å²) in [6.07, 6.45) is 1.24.